The monoisotopic (exact) mass is 370 g/mol. The lowest BCUT2D eigenvalue weighted by atomic mass is 10.1. The van der Waals surface area contributed by atoms with E-state index in [4.69, 9.17) is 0 Å². The van der Waals surface area contributed by atoms with Crippen molar-refractivity contribution >= 4 is 32.7 Å². The molecule has 1 amide bonds. The van der Waals surface area contributed by atoms with Gasteiger partial charge in [0.25, 0.3) is 0 Å². The summed E-state index contributed by atoms with van der Waals surface area (Å²) in [7, 11) is 1.86. The van der Waals surface area contributed by atoms with Gasteiger partial charge in [0.15, 0.2) is 0 Å². The Balaban J connectivity index is 1.59. The molecule has 3 aromatic rings. The molecule has 0 unspecified atom stereocenters. The number of nitrogens with one attached hydrogen (secondary N) is 1. The Morgan fingerprint density at radius 1 is 1.13 bits per heavy atom. The zero-order chi connectivity index (χ0) is 16.2. The van der Waals surface area contributed by atoms with Crippen LogP contribution in [-0.4, -0.2) is 22.8 Å². The Morgan fingerprint density at radius 2 is 1.87 bits per heavy atom. The molecule has 3 rings (SSSR count). The average Bonchev–Trinajstić information content (AvgIpc) is 2.98. The van der Waals surface area contributed by atoms with Gasteiger partial charge in [-0.15, -0.1) is 0 Å². The SMILES string of the molecule is CN(Cc1ccc(Br)cc1)C(=O)CCc1c[nH]c2ccccc12. The molecule has 3 nitrogen and oxygen atoms in total. The predicted octanol–water partition coefficient (Wildman–Crippen LogP) is 4.52. The van der Waals surface area contributed by atoms with Gasteiger partial charge in [0.05, 0.1) is 0 Å². The van der Waals surface area contributed by atoms with Crippen molar-refractivity contribution in [1.29, 1.82) is 0 Å². The first kappa shape index (κ1) is 15.8. The molecule has 4 heteroatoms. The molecule has 0 atom stereocenters. The Morgan fingerprint density at radius 3 is 2.65 bits per heavy atom. The number of para-hydroxylation sites is 1. The molecule has 0 bridgehead atoms. The molecular weight excluding hydrogens is 352 g/mol. The van der Waals surface area contributed by atoms with Gasteiger partial charge in [0, 0.05) is 41.6 Å². The minimum atomic E-state index is 0.165. The Hall–Kier alpha value is -2.07. The van der Waals surface area contributed by atoms with E-state index in [1.165, 1.54) is 10.9 Å². The molecule has 0 saturated heterocycles. The fourth-order valence-electron chi connectivity index (χ4n) is 2.72. The molecule has 1 N–H and O–H groups in total. The fourth-order valence-corrected chi connectivity index (χ4v) is 2.99. The van der Waals surface area contributed by atoms with E-state index in [9.17, 15) is 4.79 Å². The minimum absolute atomic E-state index is 0.165. The molecule has 1 aromatic heterocycles. The number of aromatic amines is 1. The van der Waals surface area contributed by atoms with Crippen LogP contribution in [0.2, 0.25) is 0 Å². The van der Waals surface area contributed by atoms with E-state index in [0.717, 1.165) is 22.0 Å². The van der Waals surface area contributed by atoms with Crippen molar-refractivity contribution in [2.24, 2.45) is 0 Å². The second kappa shape index (κ2) is 7.01. The molecule has 0 aliphatic heterocycles. The second-order valence-corrected chi connectivity index (χ2v) is 6.65. The topological polar surface area (TPSA) is 36.1 Å². The number of H-pyrrole nitrogens is 1. The van der Waals surface area contributed by atoms with Gasteiger partial charge in [-0.2, -0.15) is 0 Å². The lowest BCUT2D eigenvalue weighted by Crippen LogP contribution is -2.26. The number of halogens is 1. The molecule has 0 fully saturated rings. The highest BCUT2D eigenvalue weighted by atomic mass is 79.9. The van der Waals surface area contributed by atoms with Crippen LogP contribution in [0.15, 0.2) is 59.2 Å². The molecule has 0 aliphatic carbocycles. The zero-order valence-corrected chi connectivity index (χ0v) is 14.6. The molecule has 0 aliphatic rings. The third-order valence-electron chi connectivity index (χ3n) is 4.04. The Labute approximate surface area is 144 Å². The highest BCUT2D eigenvalue weighted by Gasteiger charge is 2.11. The van der Waals surface area contributed by atoms with Crippen molar-refractivity contribution in [3.8, 4) is 0 Å². The molecule has 0 spiro atoms. The molecular formula is C19H19BrN2O. The standard InChI is InChI=1S/C19H19BrN2O/c1-22(13-14-6-9-16(20)10-7-14)19(23)11-8-15-12-21-18-5-3-2-4-17(15)18/h2-7,9-10,12,21H,8,11,13H2,1H3. The van der Waals surface area contributed by atoms with Gasteiger partial charge in [-0.1, -0.05) is 46.3 Å². The number of amides is 1. The summed E-state index contributed by atoms with van der Waals surface area (Å²) < 4.78 is 1.05. The molecule has 2 aromatic carbocycles. The largest absolute Gasteiger partial charge is 0.361 e. The predicted molar refractivity (Wildman–Crippen MR) is 97.2 cm³/mol. The molecule has 1 heterocycles. The summed E-state index contributed by atoms with van der Waals surface area (Å²) >= 11 is 3.42. The van der Waals surface area contributed by atoms with Crippen molar-refractivity contribution in [1.82, 2.24) is 9.88 Å². The van der Waals surface area contributed by atoms with Gasteiger partial charge in [-0.25, -0.2) is 0 Å². The summed E-state index contributed by atoms with van der Waals surface area (Å²) in [6.45, 7) is 0.639. The van der Waals surface area contributed by atoms with Crippen LogP contribution in [0.25, 0.3) is 10.9 Å². The average molecular weight is 371 g/mol. The van der Waals surface area contributed by atoms with Crippen molar-refractivity contribution < 1.29 is 4.79 Å². The van der Waals surface area contributed by atoms with Gasteiger partial charge in [-0.05, 0) is 35.7 Å². The van der Waals surface area contributed by atoms with Gasteiger partial charge < -0.3 is 9.88 Å². The van der Waals surface area contributed by atoms with Crippen LogP contribution < -0.4 is 0 Å². The van der Waals surface area contributed by atoms with Crippen LogP contribution >= 0.6 is 15.9 Å². The maximum Gasteiger partial charge on any atom is 0.222 e. The van der Waals surface area contributed by atoms with E-state index in [-0.39, 0.29) is 5.91 Å². The summed E-state index contributed by atoms with van der Waals surface area (Å²) in [5, 5.41) is 1.20. The van der Waals surface area contributed by atoms with E-state index < -0.39 is 0 Å². The van der Waals surface area contributed by atoms with E-state index >= 15 is 0 Å². The maximum absolute atomic E-state index is 12.4. The smallest absolute Gasteiger partial charge is 0.222 e. The van der Waals surface area contributed by atoms with E-state index in [1.54, 1.807) is 4.90 Å². The summed E-state index contributed by atoms with van der Waals surface area (Å²) in [6, 6.07) is 16.3. The first-order chi connectivity index (χ1) is 11.1. The summed E-state index contributed by atoms with van der Waals surface area (Å²) in [4.78, 5) is 17.4. The number of hydrogen-bond acceptors (Lipinski definition) is 1. The van der Waals surface area contributed by atoms with Crippen LogP contribution in [0.5, 0.6) is 0 Å². The third kappa shape index (κ3) is 3.82. The van der Waals surface area contributed by atoms with Crippen LogP contribution in [0.3, 0.4) is 0 Å². The molecule has 118 valence electrons. The summed E-state index contributed by atoms with van der Waals surface area (Å²) in [5.41, 5.74) is 3.46. The lowest BCUT2D eigenvalue weighted by molar-refractivity contribution is -0.130. The molecule has 0 saturated carbocycles. The summed E-state index contributed by atoms with van der Waals surface area (Å²) in [5.74, 6) is 0.165. The second-order valence-electron chi connectivity index (χ2n) is 5.74. The highest BCUT2D eigenvalue weighted by Crippen LogP contribution is 2.19. The van der Waals surface area contributed by atoms with Crippen LogP contribution in [0, 0.1) is 0 Å². The number of rotatable bonds is 5. The van der Waals surface area contributed by atoms with Crippen LogP contribution in [0.1, 0.15) is 17.5 Å². The number of hydrogen-bond donors (Lipinski definition) is 1. The fraction of sp³-hybridized carbons (Fsp3) is 0.211. The van der Waals surface area contributed by atoms with E-state index in [2.05, 4.69) is 33.0 Å². The third-order valence-corrected chi connectivity index (χ3v) is 4.57. The number of aromatic nitrogens is 1. The number of aryl methyl sites for hydroxylation is 1. The Kier molecular flexibility index (Phi) is 4.82. The first-order valence-electron chi connectivity index (χ1n) is 7.67. The quantitative estimate of drug-likeness (QED) is 0.703. The zero-order valence-electron chi connectivity index (χ0n) is 13.1. The van der Waals surface area contributed by atoms with Crippen molar-refractivity contribution in [2.45, 2.75) is 19.4 Å². The number of carbonyl (C=O) groups is 1. The number of carbonyl (C=O) groups excluding carboxylic acids is 1. The maximum atomic E-state index is 12.4. The first-order valence-corrected chi connectivity index (χ1v) is 8.46. The van der Waals surface area contributed by atoms with Gasteiger partial charge >= 0.3 is 0 Å². The van der Waals surface area contributed by atoms with Crippen molar-refractivity contribution in [3.05, 3.63) is 70.3 Å². The summed E-state index contributed by atoms with van der Waals surface area (Å²) in [6.07, 6.45) is 3.29. The van der Waals surface area contributed by atoms with Crippen molar-refractivity contribution in [3.63, 3.8) is 0 Å². The van der Waals surface area contributed by atoms with Crippen LogP contribution in [-0.2, 0) is 17.8 Å². The molecule has 0 radical (unpaired) electrons. The Bertz CT molecular complexity index is 808. The number of benzene rings is 2. The number of nitrogens with zero attached hydrogens (tertiary/aromatic N) is 1. The molecule has 23 heavy (non-hydrogen) atoms. The van der Waals surface area contributed by atoms with Crippen LogP contribution in [0.4, 0.5) is 0 Å². The van der Waals surface area contributed by atoms with Crippen molar-refractivity contribution in [2.75, 3.05) is 7.05 Å². The van der Waals surface area contributed by atoms with Gasteiger partial charge in [-0.3, -0.25) is 4.79 Å². The number of fused-ring (bicyclic) bond motifs is 1. The van der Waals surface area contributed by atoms with E-state index in [1.807, 2.05) is 49.6 Å². The normalized spacial score (nSPS) is 10.9. The minimum Gasteiger partial charge on any atom is -0.361 e. The lowest BCUT2D eigenvalue weighted by Gasteiger charge is -2.17. The van der Waals surface area contributed by atoms with Gasteiger partial charge in [0.2, 0.25) is 5.91 Å². The highest BCUT2D eigenvalue weighted by molar-refractivity contribution is 9.10. The van der Waals surface area contributed by atoms with E-state index in [0.29, 0.717) is 13.0 Å². The van der Waals surface area contributed by atoms with Gasteiger partial charge in [0.1, 0.15) is 0 Å².